The minimum atomic E-state index is 0.415. The summed E-state index contributed by atoms with van der Waals surface area (Å²) in [7, 11) is 1.91. The van der Waals surface area contributed by atoms with Gasteiger partial charge in [-0.1, -0.05) is 6.08 Å². The molecule has 4 heterocycles. The van der Waals surface area contributed by atoms with E-state index in [-0.39, 0.29) is 0 Å². The lowest BCUT2D eigenvalue weighted by molar-refractivity contribution is 0.277. The van der Waals surface area contributed by atoms with Crippen LogP contribution < -0.4 is 10.1 Å². The van der Waals surface area contributed by atoms with Gasteiger partial charge in [0.25, 0.3) is 0 Å². The Balaban J connectivity index is 1.28. The molecule has 1 aliphatic carbocycles. The van der Waals surface area contributed by atoms with Gasteiger partial charge in [-0.25, -0.2) is 0 Å². The van der Waals surface area contributed by atoms with E-state index in [4.69, 9.17) is 4.74 Å². The Morgan fingerprint density at radius 2 is 2.24 bits per heavy atom. The summed E-state index contributed by atoms with van der Waals surface area (Å²) in [6.07, 6.45) is 12.2. The van der Waals surface area contributed by atoms with Crippen molar-refractivity contribution in [1.29, 1.82) is 0 Å². The number of hydrogen-bond donors (Lipinski definition) is 1. The molecule has 5 rings (SSSR count). The normalized spacial score (nSPS) is 22.9. The predicted molar refractivity (Wildman–Crippen MR) is 111 cm³/mol. The van der Waals surface area contributed by atoms with Gasteiger partial charge < -0.3 is 10.1 Å². The van der Waals surface area contributed by atoms with Gasteiger partial charge in [-0.2, -0.15) is 19.7 Å². The Morgan fingerprint density at radius 3 is 3.03 bits per heavy atom. The number of ether oxygens (including phenoxy) is 1. The van der Waals surface area contributed by atoms with E-state index in [0.29, 0.717) is 36.9 Å². The second kappa shape index (κ2) is 7.35. The second-order valence-electron chi connectivity index (χ2n) is 7.91. The SMILES string of the molecule is Cc1cc2nc(OC[C@H]3C[C@@H]3C3CC=CC=N3)cc(NCc3cnn(C)c3)n2n1. The van der Waals surface area contributed by atoms with E-state index in [0.717, 1.165) is 29.1 Å². The van der Waals surface area contributed by atoms with Crippen molar-refractivity contribution in [2.24, 2.45) is 23.9 Å². The summed E-state index contributed by atoms with van der Waals surface area (Å²) < 4.78 is 9.70. The summed E-state index contributed by atoms with van der Waals surface area (Å²) in [5, 5.41) is 12.2. The molecule has 29 heavy (non-hydrogen) atoms. The van der Waals surface area contributed by atoms with Gasteiger partial charge in [0.15, 0.2) is 5.65 Å². The Kier molecular flexibility index (Phi) is 4.54. The highest BCUT2D eigenvalue weighted by Gasteiger charge is 2.43. The van der Waals surface area contributed by atoms with Crippen LogP contribution in [0.25, 0.3) is 5.65 Å². The average molecular weight is 391 g/mol. The van der Waals surface area contributed by atoms with Crippen LogP contribution in [0.1, 0.15) is 24.1 Å². The molecule has 1 saturated carbocycles. The van der Waals surface area contributed by atoms with Crippen LogP contribution >= 0.6 is 0 Å². The number of rotatable bonds is 7. The molecule has 0 radical (unpaired) electrons. The maximum Gasteiger partial charge on any atom is 0.219 e. The van der Waals surface area contributed by atoms with Gasteiger partial charge in [-0.3, -0.25) is 9.67 Å². The van der Waals surface area contributed by atoms with Crippen LogP contribution in [0.3, 0.4) is 0 Å². The lowest BCUT2D eigenvalue weighted by Gasteiger charge is -2.13. The first-order valence-electron chi connectivity index (χ1n) is 10.1. The fraction of sp³-hybridized carbons (Fsp3) is 0.429. The Hall–Kier alpha value is -3.16. The predicted octanol–water partition coefficient (Wildman–Crippen LogP) is 2.80. The number of aryl methyl sites for hydroxylation is 2. The average Bonchev–Trinajstić information content (AvgIpc) is 3.23. The van der Waals surface area contributed by atoms with Crippen LogP contribution in [-0.4, -0.2) is 43.2 Å². The molecule has 0 saturated heterocycles. The molecule has 8 heteroatoms. The molecule has 1 aliphatic heterocycles. The van der Waals surface area contributed by atoms with Crippen LogP contribution in [-0.2, 0) is 13.6 Å². The molecule has 2 aliphatic rings. The number of hydrogen-bond acceptors (Lipinski definition) is 6. The molecule has 0 spiro atoms. The van der Waals surface area contributed by atoms with E-state index in [2.05, 4.69) is 31.6 Å². The van der Waals surface area contributed by atoms with Crippen LogP contribution in [0.2, 0.25) is 0 Å². The Bertz CT molecular complexity index is 1080. The van der Waals surface area contributed by atoms with Gasteiger partial charge in [0.2, 0.25) is 5.88 Å². The lowest BCUT2D eigenvalue weighted by Crippen LogP contribution is -2.13. The van der Waals surface area contributed by atoms with Gasteiger partial charge in [-0.05, 0) is 37.7 Å². The van der Waals surface area contributed by atoms with Gasteiger partial charge in [0.05, 0.1) is 24.5 Å². The summed E-state index contributed by atoms with van der Waals surface area (Å²) in [6.45, 7) is 3.30. The van der Waals surface area contributed by atoms with Crippen LogP contribution in [0, 0.1) is 18.8 Å². The summed E-state index contributed by atoms with van der Waals surface area (Å²) in [4.78, 5) is 9.23. The highest BCUT2D eigenvalue weighted by molar-refractivity contribution is 5.72. The molecule has 3 aromatic rings. The van der Waals surface area contributed by atoms with Gasteiger partial charge in [-0.15, -0.1) is 0 Å². The largest absolute Gasteiger partial charge is 0.477 e. The van der Waals surface area contributed by atoms with Gasteiger partial charge in [0.1, 0.15) is 5.82 Å². The van der Waals surface area contributed by atoms with Gasteiger partial charge >= 0.3 is 0 Å². The molecule has 3 aromatic heterocycles. The molecule has 1 fully saturated rings. The standard InChI is InChI=1S/C21H25N7O/c1-14-7-20-25-21(29-13-16-8-17(16)18-5-3-4-6-22-18)9-19(28(20)26-14)23-10-15-11-24-27(2)12-15/h3-4,6-7,9,11-12,16-18,23H,5,8,10,13H2,1-2H3/t16-,17+,18?/m1/s1. The van der Waals surface area contributed by atoms with E-state index in [1.807, 2.05) is 55.3 Å². The molecular weight excluding hydrogens is 366 g/mol. The number of anilines is 1. The minimum Gasteiger partial charge on any atom is -0.477 e. The third-order valence-corrected chi connectivity index (χ3v) is 5.55. The van der Waals surface area contributed by atoms with E-state index in [1.165, 1.54) is 6.42 Å². The van der Waals surface area contributed by atoms with Crippen molar-refractivity contribution in [1.82, 2.24) is 24.4 Å². The smallest absolute Gasteiger partial charge is 0.219 e. The second-order valence-corrected chi connectivity index (χ2v) is 7.91. The van der Waals surface area contributed by atoms with Crippen molar-refractivity contribution >= 4 is 17.7 Å². The highest BCUT2D eigenvalue weighted by atomic mass is 16.5. The highest BCUT2D eigenvalue weighted by Crippen LogP contribution is 2.44. The molecule has 0 amide bonds. The molecule has 8 nitrogen and oxygen atoms in total. The Morgan fingerprint density at radius 1 is 1.31 bits per heavy atom. The first-order valence-corrected chi connectivity index (χ1v) is 10.1. The van der Waals surface area contributed by atoms with Gasteiger partial charge in [0, 0.05) is 43.7 Å². The molecule has 1 unspecified atom stereocenters. The quantitative estimate of drug-likeness (QED) is 0.670. The number of aliphatic imine (C=N–C) groups is 1. The third kappa shape index (κ3) is 3.87. The number of fused-ring (bicyclic) bond motifs is 1. The topological polar surface area (TPSA) is 81.6 Å². The number of nitrogens with zero attached hydrogens (tertiary/aromatic N) is 6. The zero-order chi connectivity index (χ0) is 19.8. The first-order chi connectivity index (χ1) is 14.2. The summed E-state index contributed by atoms with van der Waals surface area (Å²) in [5.74, 6) is 2.67. The van der Waals surface area contributed by atoms with Crippen molar-refractivity contribution in [3.05, 3.63) is 47.9 Å². The minimum absolute atomic E-state index is 0.415. The summed E-state index contributed by atoms with van der Waals surface area (Å²) in [5.41, 5.74) is 2.80. The summed E-state index contributed by atoms with van der Waals surface area (Å²) >= 11 is 0. The molecule has 150 valence electrons. The third-order valence-electron chi connectivity index (χ3n) is 5.55. The van der Waals surface area contributed by atoms with E-state index < -0.39 is 0 Å². The number of nitrogens with one attached hydrogen (secondary N) is 1. The van der Waals surface area contributed by atoms with Crippen molar-refractivity contribution < 1.29 is 4.74 Å². The maximum atomic E-state index is 6.09. The number of aromatic nitrogens is 5. The lowest BCUT2D eigenvalue weighted by atomic mass is 10.1. The van der Waals surface area contributed by atoms with Crippen molar-refractivity contribution in [3.63, 3.8) is 0 Å². The van der Waals surface area contributed by atoms with E-state index in [9.17, 15) is 0 Å². The zero-order valence-corrected chi connectivity index (χ0v) is 16.7. The fourth-order valence-corrected chi connectivity index (χ4v) is 3.93. The van der Waals surface area contributed by atoms with Crippen LogP contribution in [0.4, 0.5) is 5.82 Å². The first kappa shape index (κ1) is 17.9. The Labute approximate surface area is 169 Å². The van der Waals surface area contributed by atoms with Crippen molar-refractivity contribution in [3.8, 4) is 5.88 Å². The zero-order valence-electron chi connectivity index (χ0n) is 16.7. The molecule has 1 N–H and O–H groups in total. The summed E-state index contributed by atoms with van der Waals surface area (Å²) in [6, 6.07) is 4.30. The van der Waals surface area contributed by atoms with Crippen LogP contribution in [0.15, 0.2) is 41.7 Å². The molecule has 3 atom stereocenters. The van der Waals surface area contributed by atoms with Crippen molar-refractivity contribution in [2.45, 2.75) is 32.4 Å². The van der Waals surface area contributed by atoms with Crippen molar-refractivity contribution in [2.75, 3.05) is 11.9 Å². The molecular formula is C21H25N7O. The fourth-order valence-electron chi connectivity index (χ4n) is 3.93. The monoisotopic (exact) mass is 391 g/mol. The van der Waals surface area contributed by atoms with Crippen LogP contribution in [0.5, 0.6) is 5.88 Å². The number of dihydropyridines is 1. The van der Waals surface area contributed by atoms with E-state index >= 15 is 0 Å². The van der Waals surface area contributed by atoms with E-state index in [1.54, 1.807) is 4.68 Å². The molecule has 0 bridgehead atoms. The molecule has 0 aromatic carbocycles. The maximum absolute atomic E-state index is 6.09. The number of allylic oxidation sites excluding steroid dienone is 1.